The smallest absolute Gasteiger partial charge is 0.180 e. The van der Waals surface area contributed by atoms with Gasteiger partial charge >= 0.3 is 0 Å². The average Bonchev–Trinajstić information content (AvgIpc) is 3.86. The Bertz CT molecular complexity index is 3540. The Morgan fingerprint density at radius 2 is 1.50 bits per heavy atom. The first-order valence-electron chi connectivity index (χ1n) is 22.4. The lowest BCUT2D eigenvalue weighted by Crippen LogP contribution is -1.94. The van der Waals surface area contributed by atoms with Gasteiger partial charge in [0.15, 0.2) is 5.58 Å². The van der Waals surface area contributed by atoms with Crippen LogP contribution in [0.1, 0.15) is 41.7 Å². The third-order valence-corrected chi connectivity index (χ3v) is 10.0. The summed E-state index contributed by atoms with van der Waals surface area (Å²) in [7, 11) is 0. The summed E-state index contributed by atoms with van der Waals surface area (Å²) in [5.41, 5.74) is 2.70. The Hall–Kier alpha value is -6.10. The predicted molar refractivity (Wildman–Crippen MR) is 210 cm³/mol. The molecular formula is C46H30N2OS. The van der Waals surface area contributed by atoms with E-state index in [9.17, 15) is 1.37 Å². The van der Waals surface area contributed by atoms with Crippen LogP contribution < -0.4 is 0 Å². The number of hydrogen-bond acceptors (Lipinski definition) is 4. The molecule has 4 heteroatoms. The number of nitrogens with zero attached hydrogens (tertiary/aromatic N) is 2. The monoisotopic (exact) mass is 671 g/mol. The molecule has 236 valence electrons. The lowest BCUT2D eigenvalue weighted by molar-refractivity contribution is 0.667. The SMILES string of the molecule is [2H]C1=C(c2cc([2H])c([2H])c([2H])c2[2H])C([2H])C([2H])([2H])C(c2c([2H])c([2H])c([2H])c(-c3ccc4oc5c(-c6cccc(-c7cccc8c7sc7ccccc78)c6)ncnc5c4c3)c2[2H])=C1[2H]. The highest BCUT2D eigenvalue weighted by Crippen LogP contribution is 2.42. The first-order chi connectivity index (χ1) is 30.1. The second-order valence-electron chi connectivity index (χ2n) is 11.7. The molecule has 3 heterocycles. The van der Waals surface area contributed by atoms with Crippen molar-refractivity contribution in [1.82, 2.24) is 9.97 Å². The van der Waals surface area contributed by atoms with E-state index in [4.69, 9.17) is 20.9 Å². The van der Waals surface area contributed by atoms with Gasteiger partial charge in [-0.1, -0.05) is 121 Å². The van der Waals surface area contributed by atoms with Crippen LogP contribution >= 0.6 is 11.3 Å². The first-order valence-corrected chi connectivity index (χ1v) is 16.6. The van der Waals surface area contributed by atoms with Crippen molar-refractivity contribution in [3.05, 3.63) is 169 Å². The van der Waals surface area contributed by atoms with Crippen molar-refractivity contribution in [3.63, 3.8) is 0 Å². The average molecular weight is 672 g/mol. The summed E-state index contributed by atoms with van der Waals surface area (Å²) < 4.78 is 122. The molecule has 0 bridgehead atoms. The Morgan fingerprint density at radius 1 is 0.640 bits per heavy atom. The van der Waals surface area contributed by atoms with Crippen LogP contribution in [0, 0.1) is 0 Å². The highest BCUT2D eigenvalue weighted by Gasteiger charge is 2.18. The van der Waals surface area contributed by atoms with Crippen molar-refractivity contribution >= 4 is 64.7 Å². The van der Waals surface area contributed by atoms with E-state index in [-0.39, 0.29) is 16.7 Å². The van der Waals surface area contributed by atoms with Crippen molar-refractivity contribution in [2.45, 2.75) is 12.8 Å². The van der Waals surface area contributed by atoms with Crippen LogP contribution in [0.5, 0.6) is 0 Å². The molecule has 0 fully saturated rings. The molecule has 6 aromatic carbocycles. The van der Waals surface area contributed by atoms with Gasteiger partial charge in [-0.3, -0.25) is 0 Å². The van der Waals surface area contributed by atoms with Crippen LogP contribution in [0.4, 0.5) is 0 Å². The first kappa shape index (κ1) is 18.6. The number of thiophene rings is 1. The van der Waals surface area contributed by atoms with Crippen LogP contribution in [0.3, 0.4) is 0 Å². The minimum absolute atomic E-state index is 0.157. The van der Waals surface area contributed by atoms with E-state index >= 15 is 0 Å². The third kappa shape index (κ3) is 4.88. The molecule has 1 aliphatic rings. The Kier molecular flexibility index (Phi) is 4.39. The summed E-state index contributed by atoms with van der Waals surface area (Å²) >= 11 is 1.74. The zero-order chi connectivity index (χ0) is 44.4. The van der Waals surface area contributed by atoms with E-state index in [1.807, 2.05) is 24.3 Å². The van der Waals surface area contributed by atoms with Gasteiger partial charge in [0.2, 0.25) is 0 Å². The van der Waals surface area contributed by atoms with Gasteiger partial charge in [0.1, 0.15) is 23.1 Å². The van der Waals surface area contributed by atoms with Gasteiger partial charge in [-0.2, -0.15) is 0 Å². The second kappa shape index (κ2) is 11.8. The molecule has 0 amide bonds. The summed E-state index contributed by atoms with van der Waals surface area (Å²) in [5.74, 6) is 0. The minimum atomic E-state index is -2.90. The maximum absolute atomic E-state index is 9.38. The number of aromatic nitrogens is 2. The van der Waals surface area contributed by atoms with Crippen molar-refractivity contribution < 1.29 is 22.2 Å². The molecule has 10 rings (SSSR count). The molecular weight excluding hydrogens is 629 g/mol. The van der Waals surface area contributed by atoms with E-state index in [1.165, 1.54) is 26.5 Å². The van der Waals surface area contributed by atoms with E-state index in [0.717, 1.165) is 22.8 Å². The predicted octanol–water partition coefficient (Wildman–Crippen LogP) is 13.0. The fourth-order valence-electron chi connectivity index (χ4n) is 6.41. The number of hydrogen-bond donors (Lipinski definition) is 0. The van der Waals surface area contributed by atoms with Gasteiger partial charge in [-0.15, -0.1) is 11.3 Å². The number of allylic oxidation sites excluding steroid dienone is 4. The molecule has 50 heavy (non-hydrogen) atoms. The summed E-state index contributed by atoms with van der Waals surface area (Å²) in [5, 5.41) is 2.87. The van der Waals surface area contributed by atoms with Crippen LogP contribution in [0.2, 0.25) is 0 Å². The Labute approximate surface area is 311 Å². The largest absolute Gasteiger partial charge is 0.452 e. The summed E-state index contributed by atoms with van der Waals surface area (Å²) in [6.07, 6.45) is -3.51. The summed E-state index contributed by atoms with van der Waals surface area (Å²) in [6.45, 7) is 0. The van der Waals surface area contributed by atoms with E-state index in [0.29, 0.717) is 27.8 Å². The maximum atomic E-state index is 9.38. The third-order valence-electron chi connectivity index (χ3n) is 8.79. The molecule has 0 radical (unpaired) electrons. The standard InChI is InChI=1S/C46H30N2OS/c1-2-9-29(10-3-1)30-19-21-31(22-20-30)32-11-6-12-33(25-32)34-23-24-41-40(27-34)44-45(49-41)43(47-28-48-44)36-14-7-13-35(26-36)37-16-8-17-39-38-15-4-5-18-42(38)50-46(37)39/h1-19,21,23-28H,20,22H2/i1D,2D,3D,6D,9D,11D,12D,19D,20D,21D,22D2,25D. The molecule has 0 aliphatic heterocycles. The molecule has 1 unspecified atom stereocenters. The molecule has 3 aromatic heterocycles. The van der Waals surface area contributed by atoms with Gasteiger partial charge in [-0.25, -0.2) is 9.97 Å². The second-order valence-corrected chi connectivity index (χ2v) is 12.8. The van der Waals surface area contributed by atoms with Crippen molar-refractivity contribution in [2.75, 3.05) is 0 Å². The van der Waals surface area contributed by atoms with Gasteiger partial charge < -0.3 is 4.42 Å². The van der Waals surface area contributed by atoms with E-state index in [1.54, 1.807) is 29.5 Å². The lowest BCUT2D eigenvalue weighted by Gasteiger charge is -2.16. The zero-order valence-corrected chi connectivity index (χ0v) is 26.8. The normalized spacial score (nSPS) is 19.8. The lowest BCUT2D eigenvalue weighted by atomic mass is 9.89. The van der Waals surface area contributed by atoms with E-state index < -0.39 is 89.9 Å². The van der Waals surface area contributed by atoms with Crippen LogP contribution in [-0.2, 0) is 0 Å². The highest BCUT2D eigenvalue weighted by molar-refractivity contribution is 7.26. The van der Waals surface area contributed by atoms with Crippen LogP contribution in [0.15, 0.2) is 162 Å². The van der Waals surface area contributed by atoms with Crippen molar-refractivity contribution in [1.29, 1.82) is 0 Å². The summed E-state index contributed by atoms with van der Waals surface area (Å²) in [4.78, 5) is 9.20. The highest BCUT2D eigenvalue weighted by atomic mass is 32.1. The fraction of sp³-hybridized carbons (Fsp3) is 0.0435. The quantitative estimate of drug-likeness (QED) is 0.183. The van der Waals surface area contributed by atoms with Gasteiger partial charge in [0.05, 0.1) is 13.7 Å². The number of furan rings is 1. The molecule has 0 saturated heterocycles. The molecule has 0 N–H and O–H groups in total. The van der Waals surface area contributed by atoms with Crippen molar-refractivity contribution in [3.8, 4) is 33.5 Å². The number of fused-ring (bicyclic) bond motifs is 6. The van der Waals surface area contributed by atoms with Gasteiger partial charge in [0.25, 0.3) is 0 Å². The topological polar surface area (TPSA) is 38.9 Å². The molecule has 3 nitrogen and oxygen atoms in total. The fourth-order valence-corrected chi connectivity index (χ4v) is 7.65. The molecule has 0 saturated carbocycles. The molecule has 1 atom stereocenters. The van der Waals surface area contributed by atoms with Gasteiger partial charge in [-0.05, 0) is 87.6 Å². The summed E-state index contributed by atoms with van der Waals surface area (Å²) in [6, 6.07) is 22.1. The van der Waals surface area contributed by atoms with Crippen molar-refractivity contribution in [2.24, 2.45) is 0 Å². The molecule has 9 aromatic rings. The number of rotatable bonds is 5. The van der Waals surface area contributed by atoms with Crippen LogP contribution in [0.25, 0.3) is 86.9 Å². The zero-order valence-electron chi connectivity index (χ0n) is 39.0. The maximum Gasteiger partial charge on any atom is 0.180 e. The van der Waals surface area contributed by atoms with Gasteiger partial charge in [0, 0.05) is 35.2 Å². The Balaban J connectivity index is 1.11. The minimum Gasteiger partial charge on any atom is -0.452 e. The van der Waals surface area contributed by atoms with E-state index in [2.05, 4.69) is 52.4 Å². The number of benzene rings is 6. The van der Waals surface area contributed by atoms with Crippen LogP contribution in [-0.4, -0.2) is 9.97 Å². The Morgan fingerprint density at radius 3 is 2.50 bits per heavy atom. The molecule has 0 spiro atoms. The molecule has 1 aliphatic carbocycles.